The summed E-state index contributed by atoms with van der Waals surface area (Å²) in [6, 6.07) is 0. The van der Waals surface area contributed by atoms with Crippen molar-refractivity contribution in [3.05, 3.63) is 22.2 Å². The topological polar surface area (TPSA) is 63.3 Å². The number of carbonyl (C=O) groups excluding carboxylic acids is 1. The lowest BCUT2D eigenvalue weighted by Gasteiger charge is -2.21. The zero-order valence-electron chi connectivity index (χ0n) is 5.34. The maximum Gasteiger partial charge on any atom is 0.198 e. The van der Waals surface area contributed by atoms with E-state index in [1.807, 2.05) is 0 Å². The molecular formula is C6H5Cl2NO2. The normalized spacial score (nSPS) is 31.5. The summed E-state index contributed by atoms with van der Waals surface area (Å²) in [6.07, 6.45) is 1.99. The fourth-order valence-electron chi connectivity index (χ4n) is 0.633. The molecule has 11 heavy (non-hydrogen) atoms. The van der Waals surface area contributed by atoms with Gasteiger partial charge in [0, 0.05) is 6.08 Å². The fourth-order valence-corrected chi connectivity index (χ4v) is 1.01. The third-order valence-electron chi connectivity index (χ3n) is 1.22. The molecule has 0 aromatic heterocycles. The molecule has 0 saturated heterocycles. The van der Waals surface area contributed by atoms with Crippen molar-refractivity contribution in [2.24, 2.45) is 5.73 Å². The monoisotopic (exact) mass is 193 g/mol. The van der Waals surface area contributed by atoms with Gasteiger partial charge in [-0.15, -0.1) is 0 Å². The summed E-state index contributed by atoms with van der Waals surface area (Å²) in [7, 11) is 0. The van der Waals surface area contributed by atoms with Crippen LogP contribution < -0.4 is 5.73 Å². The van der Waals surface area contributed by atoms with Crippen molar-refractivity contribution in [1.29, 1.82) is 0 Å². The Morgan fingerprint density at radius 2 is 2.09 bits per heavy atom. The van der Waals surface area contributed by atoms with Crippen LogP contribution in [0, 0.1) is 0 Å². The number of rotatable bonds is 0. The van der Waals surface area contributed by atoms with E-state index in [1.165, 1.54) is 0 Å². The minimum atomic E-state index is -1.80. The molecule has 1 atom stereocenters. The highest BCUT2D eigenvalue weighted by Crippen LogP contribution is 2.25. The Kier molecular flexibility index (Phi) is 2.07. The lowest BCUT2D eigenvalue weighted by molar-refractivity contribution is -0.111. The summed E-state index contributed by atoms with van der Waals surface area (Å²) in [5.74, 6) is -0.452. The first-order valence-electron chi connectivity index (χ1n) is 2.75. The predicted octanol–water partition coefficient (Wildman–Crippen LogP) is 0.462. The minimum absolute atomic E-state index is 0.126. The molecule has 3 nitrogen and oxygen atoms in total. The van der Waals surface area contributed by atoms with E-state index in [1.54, 1.807) is 0 Å². The fraction of sp³-hybridized carbons (Fsp3) is 0.167. The van der Waals surface area contributed by atoms with Crippen molar-refractivity contribution >= 4 is 29.0 Å². The Balaban J connectivity index is 3.08. The van der Waals surface area contributed by atoms with Gasteiger partial charge in [-0.25, -0.2) is 0 Å². The highest BCUT2D eigenvalue weighted by molar-refractivity contribution is 6.46. The third kappa shape index (κ3) is 1.62. The summed E-state index contributed by atoms with van der Waals surface area (Å²) >= 11 is 10.8. The Morgan fingerprint density at radius 3 is 2.55 bits per heavy atom. The third-order valence-corrected chi connectivity index (χ3v) is 1.93. The van der Waals surface area contributed by atoms with E-state index < -0.39 is 11.5 Å². The number of hydrogen-bond acceptors (Lipinski definition) is 3. The van der Waals surface area contributed by atoms with Crippen LogP contribution in [0.2, 0.25) is 0 Å². The first kappa shape index (κ1) is 8.74. The van der Waals surface area contributed by atoms with Gasteiger partial charge >= 0.3 is 0 Å². The first-order chi connectivity index (χ1) is 4.93. The van der Waals surface area contributed by atoms with Gasteiger partial charge in [-0.2, -0.15) is 0 Å². The van der Waals surface area contributed by atoms with Crippen LogP contribution in [0.4, 0.5) is 0 Å². The van der Waals surface area contributed by atoms with Gasteiger partial charge in [0.05, 0.1) is 10.1 Å². The lowest BCUT2D eigenvalue weighted by Crippen LogP contribution is -2.40. The van der Waals surface area contributed by atoms with E-state index >= 15 is 0 Å². The number of nitrogens with two attached hydrogens (primary N) is 1. The van der Waals surface area contributed by atoms with E-state index in [-0.39, 0.29) is 10.1 Å². The number of ketones is 1. The molecule has 0 fully saturated rings. The predicted molar refractivity (Wildman–Crippen MR) is 42.0 cm³/mol. The molecule has 1 unspecified atom stereocenters. The highest BCUT2D eigenvalue weighted by Gasteiger charge is 2.29. The second kappa shape index (κ2) is 2.60. The van der Waals surface area contributed by atoms with Gasteiger partial charge in [0.1, 0.15) is 0 Å². The van der Waals surface area contributed by atoms with Crippen LogP contribution in [-0.4, -0.2) is 16.6 Å². The van der Waals surface area contributed by atoms with E-state index in [0.29, 0.717) is 0 Å². The molecule has 1 rings (SSSR count). The van der Waals surface area contributed by atoms with Gasteiger partial charge in [-0.05, 0) is 6.08 Å². The van der Waals surface area contributed by atoms with E-state index in [4.69, 9.17) is 28.9 Å². The van der Waals surface area contributed by atoms with Crippen molar-refractivity contribution in [2.45, 2.75) is 5.72 Å². The molecule has 0 aromatic rings. The number of carbonyl (C=O) groups is 1. The van der Waals surface area contributed by atoms with Gasteiger partial charge < -0.3 is 5.11 Å². The number of halogens is 2. The molecule has 0 bridgehead atoms. The Hall–Kier alpha value is -0.350. The summed E-state index contributed by atoms with van der Waals surface area (Å²) in [5.41, 5.74) is 3.42. The Bertz CT molecular complexity index is 268. The summed E-state index contributed by atoms with van der Waals surface area (Å²) in [5, 5.41) is 8.94. The van der Waals surface area contributed by atoms with Gasteiger partial charge in [-0.1, -0.05) is 23.2 Å². The van der Waals surface area contributed by atoms with Crippen LogP contribution >= 0.6 is 23.2 Å². The van der Waals surface area contributed by atoms with Gasteiger partial charge in [0.2, 0.25) is 0 Å². The molecule has 1 aliphatic rings. The Morgan fingerprint density at radius 1 is 1.55 bits per heavy atom. The summed E-state index contributed by atoms with van der Waals surface area (Å²) < 4.78 is 0. The molecule has 3 N–H and O–H groups in total. The second-order valence-corrected chi connectivity index (χ2v) is 2.99. The van der Waals surface area contributed by atoms with Gasteiger partial charge in [0.15, 0.2) is 11.5 Å². The number of hydrogen-bond donors (Lipinski definition) is 2. The van der Waals surface area contributed by atoms with E-state index in [9.17, 15) is 9.90 Å². The van der Waals surface area contributed by atoms with Crippen molar-refractivity contribution in [3.8, 4) is 0 Å². The molecule has 1 aliphatic carbocycles. The van der Waals surface area contributed by atoms with Crippen molar-refractivity contribution < 1.29 is 9.90 Å². The molecule has 0 heterocycles. The van der Waals surface area contributed by atoms with Crippen molar-refractivity contribution in [3.63, 3.8) is 0 Å². The van der Waals surface area contributed by atoms with Gasteiger partial charge in [0.25, 0.3) is 0 Å². The zero-order chi connectivity index (χ0) is 8.65. The standard InChI is InChI=1S/C6H5Cl2NO2/c7-3-2-6(9,11)5(8)1-4(3)10/h1-2,11H,9H2. The molecule has 60 valence electrons. The largest absolute Gasteiger partial charge is 0.367 e. The molecule has 0 spiro atoms. The average Bonchev–Trinajstić information content (AvgIpc) is 1.83. The van der Waals surface area contributed by atoms with Crippen LogP contribution in [0.25, 0.3) is 0 Å². The van der Waals surface area contributed by atoms with E-state index in [2.05, 4.69) is 0 Å². The van der Waals surface area contributed by atoms with Crippen molar-refractivity contribution in [2.75, 3.05) is 0 Å². The SMILES string of the molecule is NC1(O)C=C(Cl)C(=O)C=C1Cl. The summed E-state index contributed by atoms with van der Waals surface area (Å²) in [4.78, 5) is 10.8. The summed E-state index contributed by atoms with van der Waals surface area (Å²) in [6.45, 7) is 0. The van der Waals surface area contributed by atoms with Crippen LogP contribution in [0.3, 0.4) is 0 Å². The van der Waals surface area contributed by atoms with Crippen molar-refractivity contribution in [1.82, 2.24) is 0 Å². The smallest absolute Gasteiger partial charge is 0.198 e. The molecular weight excluding hydrogens is 189 g/mol. The quantitative estimate of drug-likeness (QED) is 0.550. The van der Waals surface area contributed by atoms with E-state index in [0.717, 1.165) is 12.2 Å². The number of allylic oxidation sites excluding steroid dienone is 2. The van der Waals surface area contributed by atoms with Gasteiger partial charge in [-0.3, -0.25) is 10.5 Å². The second-order valence-electron chi connectivity index (χ2n) is 2.17. The maximum absolute atomic E-state index is 10.8. The molecule has 0 aliphatic heterocycles. The molecule has 0 amide bonds. The van der Waals surface area contributed by atoms with Crippen LogP contribution in [0.1, 0.15) is 0 Å². The first-order valence-corrected chi connectivity index (χ1v) is 3.51. The average molecular weight is 194 g/mol. The highest BCUT2D eigenvalue weighted by atomic mass is 35.5. The van der Waals surface area contributed by atoms with Crippen LogP contribution in [0.5, 0.6) is 0 Å². The molecule has 5 heteroatoms. The maximum atomic E-state index is 10.8. The number of aliphatic hydroxyl groups is 1. The zero-order valence-corrected chi connectivity index (χ0v) is 6.86. The molecule has 0 radical (unpaired) electrons. The lowest BCUT2D eigenvalue weighted by atomic mass is 10.1. The Labute approximate surface area is 73.1 Å². The molecule has 0 aromatic carbocycles. The molecule has 0 saturated carbocycles. The minimum Gasteiger partial charge on any atom is -0.367 e. The van der Waals surface area contributed by atoms with Crippen LogP contribution in [0.15, 0.2) is 22.2 Å². The van der Waals surface area contributed by atoms with Crippen LogP contribution in [-0.2, 0) is 4.79 Å².